The van der Waals surface area contributed by atoms with Gasteiger partial charge in [-0.25, -0.2) is 15.0 Å². The molecule has 1 fully saturated rings. The van der Waals surface area contributed by atoms with E-state index in [-0.39, 0.29) is 5.78 Å². The molecule has 5 rings (SSSR count). The van der Waals surface area contributed by atoms with Crippen molar-refractivity contribution in [1.29, 1.82) is 0 Å². The number of anilines is 4. The number of ketones is 1. The van der Waals surface area contributed by atoms with Crippen molar-refractivity contribution in [3.05, 3.63) is 66.2 Å². The lowest BCUT2D eigenvalue weighted by Gasteiger charge is -2.26. The van der Waals surface area contributed by atoms with Gasteiger partial charge in [0.15, 0.2) is 17.4 Å². The number of nitrogens with one attached hydrogen (secondary N) is 2. The smallest absolute Gasteiger partial charge is 0.184 e. The van der Waals surface area contributed by atoms with Crippen LogP contribution in [-0.2, 0) is 13.6 Å². The maximum Gasteiger partial charge on any atom is 0.184 e. The molecule has 10 heteroatoms. The molecule has 3 aromatic heterocycles. The van der Waals surface area contributed by atoms with Gasteiger partial charge in [-0.1, -0.05) is 25.5 Å². The molecule has 0 aliphatic carbocycles. The second kappa shape index (κ2) is 12.0. The van der Waals surface area contributed by atoms with Crippen molar-refractivity contribution in [2.24, 2.45) is 7.05 Å². The standard InChI is InChI=1S/C29H34N8O2/c1-4-25(38)22-17-30-27(34-26-13-8-10-20(32-26)18-37-14-6-5-7-15-37)16-24(22)33-23-12-9-11-21(28(23)39-3)29-31-19-36(2)35-29/h8-13,16-17,19H,4-7,14-15,18H2,1-3H3,(H2,30,32,33,34). The maximum atomic E-state index is 12.8. The van der Waals surface area contributed by atoms with E-state index in [0.29, 0.717) is 46.6 Å². The van der Waals surface area contributed by atoms with E-state index in [4.69, 9.17) is 9.72 Å². The summed E-state index contributed by atoms with van der Waals surface area (Å²) in [5, 5.41) is 11.1. The van der Waals surface area contributed by atoms with Crippen LogP contribution in [-0.4, -0.2) is 55.6 Å². The van der Waals surface area contributed by atoms with Crippen LogP contribution in [0.15, 0.2) is 55.0 Å². The van der Waals surface area contributed by atoms with E-state index in [1.54, 1.807) is 24.3 Å². The molecule has 0 spiro atoms. The Labute approximate surface area is 228 Å². The van der Waals surface area contributed by atoms with Gasteiger partial charge in [0, 0.05) is 32.3 Å². The molecule has 202 valence electrons. The van der Waals surface area contributed by atoms with Crippen molar-refractivity contribution in [3.63, 3.8) is 0 Å². The molecule has 2 N–H and O–H groups in total. The van der Waals surface area contributed by atoms with Gasteiger partial charge in [-0.2, -0.15) is 5.10 Å². The lowest BCUT2D eigenvalue weighted by Crippen LogP contribution is -2.29. The second-order valence-corrected chi connectivity index (χ2v) is 9.62. The Kier molecular flexibility index (Phi) is 8.12. The van der Waals surface area contributed by atoms with Gasteiger partial charge in [-0.15, -0.1) is 0 Å². The predicted octanol–water partition coefficient (Wildman–Crippen LogP) is 5.35. The first kappa shape index (κ1) is 26.3. The van der Waals surface area contributed by atoms with Crippen LogP contribution in [0.1, 0.15) is 48.7 Å². The van der Waals surface area contributed by atoms with Crippen molar-refractivity contribution >= 4 is 28.8 Å². The van der Waals surface area contributed by atoms with Crippen LogP contribution in [0.5, 0.6) is 5.75 Å². The van der Waals surface area contributed by atoms with E-state index in [9.17, 15) is 4.79 Å². The summed E-state index contributed by atoms with van der Waals surface area (Å²) in [5.41, 5.74) is 3.56. The van der Waals surface area contributed by atoms with Crippen molar-refractivity contribution in [1.82, 2.24) is 29.6 Å². The largest absolute Gasteiger partial charge is 0.494 e. The van der Waals surface area contributed by atoms with Gasteiger partial charge in [0.1, 0.15) is 18.0 Å². The van der Waals surface area contributed by atoms with E-state index in [0.717, 1.165) is 30.9 Å². The minimum atomic E-state index is -0.0141. The Morgan fingerprint density at radius 3 is 2.56 bits per heavy atom. The van der Waals surface area contributed by atoms with E-state index >= 15 is 0 Å². The van der Waals surface area contributed by atoms with Crippen LogP contribution < -0.4 is 15.4 Å². The highest BCUT2D eigenvalue weighted by Gasteiger charge is 2.18. The molecule has 1 saturated heterocycles. The Bertz CT molecular complexity index is 1440. The molecule has 0 atom stereocenters. The summed E-state index contributed by atoms with van der Waals surface area (Å²) in [6.07, 6.45) is 7.39. The van der Waals surface area contributed by atoms with Crippen LogP contribution in [0.25, 0.3) is 11.4 Å². The number of para-hydroxylation sites is 1. The molecular weight excluding hydrogens is 492 g/mol. The molecule has 4 aromatic rings. The molecule has 1 aliphatic rings. The first-order valence-corrected chi connectivity index (χ1v) is 13.3. The fraction of sp³-hybridized carbons (Fsp3) is 0.345. The number of carbonyl (C=O) groups excluding carboxylic acids is 1. The Hall–Kier alpha value is -4.31. The summed E-state index contributed by atoms with van der Waals surface area (Å²) in [6, 6.07) is 13.5. The number of Topliss-reactive ketones (excluding diaryl/α,β-unsaturated/α-hetero) is 1. The number of rotatable bonds is 10. The van der Waals surface area contributed by atoms with Gasteiger partial charge >= 0.3 is 0 Å². The summed E-state index contributed by atoms with van der Waals surface area (Å²) in [5.74, 6) is 2.40. The zero-order valence-corrected chi connectivity index (χ0v) is 22.6. The highest BCUT2D eigenvalue weighted by molar-refractivity contribution is 6.02. The van der Waals surface area contributed by atoms with Gasteiger partial charge in [0.05, 0.1) is 35.3 Å². The van der Waals surface area contributed by atoms with Crippen LogP contribution in [0.4, 0.5) is 23.0 Å². The summed E-state index contributed by atoms with van der Waals surface area (Å²) in [6.45, 7) is 4.90. The third-order valence-corrected chi connectivity index (χ3v) is 6.75. The van der Waals surface area contributed by atoms with Crippen molar-refractivity contribution in [3.8, 4) is 17.1 Å². The highest BCUT2D eigenvalue weighted by Crippen LogP contribution is 2.37. The number of piperidine rings is 1. The first-order chi connectivity index (χ1) is 19.0. The molecule has 0 saturated carbocycles. The number of ether oxygens (including phenoxy) is 1. The SMILES string of the molecule is CCC(=O)c1cnc(Nc2cccc(CN3CCCCC3)n2)cc1Nc1cccc(-c2ncn(C)n2)c1OC. The minimum Gasteiger partial charge on any atom is -0.494 e. The molecule has 1 aromatic carbocycles. The Morgan fingerprint density at radius 2 is 1.82 bits per heavy atom. The zero-order chi connectivity index (χ0) is 27.2. The highest BCUT2D eigenvalue weighted by atomic mass is 16.5. The van der Waals surface area contributed by atoms with Crippen molar-refractivity contribution in [2.45, 2.75) is 39.2 Å². The number of hydrogen-bond donors (Lipinski definition) is 2. The van der Waals surface area contributed by atoms with E-state index in [1.165, 1.54) is 19.3 Å². The minimum absolute atomic E-state index is 0.0141. The summed E-state index contributed by atoms with van der Waals surface area (Å²) >= 11 is 0. The predicted molar refractivity (Wildman–Crippen MR) is 152 cm³/mol. The number of hydrogen-bond acceptors (Lipinski definition) is 9. The number of aryl methyl sites for hydroxylation is 1. The van der Waals surface area contributed by atoms with Crippen molar-refractivity contribution in [2.75, 3.05) is 30.8 Å². The molecule has 0 bridgehead atoms. The summed E-state index contributed by atoms with van der Waals surface area (Å²) in [4.78, 5) is 28.9. The Morgan fingerprint density at radius 1 is 1.00 bits per heavy atom. The monoisotopic (exact) mass is 526 g/mol. The molecule has 4 heterocycles. The molecule has 39 heavy (non-hydrogen) atoms. The fourth-order valence-corrected chi connectivity index (χ4v) is 4.79. The molecule has 0 amide bonds. The van der Waals surface area contributed by atoms with Crippen molar-refractivity contribution < 1.29 is 9.53 Å². The first-order valence-electron chi connectivity index (χ1n) is 13.3. The zero-order valence-electron chi connectivity index (χ0n) is 22.6. The van der Waals surface area contributed by atoms with E-state index in [2.05, 4.69) is 36.7 Å². The molecule has 1 aliphatic heterocycles. The number of pyridine rings is 2. The van der Waals surface area contributed by atoms with Crippen LogP contribution in [0, 0.1) is 0 Å². The third-order valence-electron chi connectivity index (χ3n) is 6.75. The number of carbonyl (C=O) groups is 1. The topological polar surface area (TPSA) is 110 Å². The number of likely N-dealkylation sites (tertiary alicyclic amines) is 1. The second-order valence-electron chi connectivity index (χ2n) is 9.62. The van der Waals surface area contributed by atoms with Crippen LogP contribution in [0.3, 0.4) is 0 Å². The van der Waals surface area contributed by atoms with Crippen LogP contribution >= 0.6 is 0 Å². The molecular formula is C29H34N8O2. The van der Waals surface area contributed by atoms with E-state index < -0.39 is 0 Å². The van der Waals surface area contributed by atoms with Gasteiger partial charge < -0.3 is 15.4 Å². The molecule has 0 radical (unpaired) electrons. The van der Waals surface area contributed by atoms with Gasteiger partial charge in [0.25, 0.3) is 0 Å². The normalized spacial score (nSPS) is 13.7. The summed E-state index contributed by atoms with van der Waals surface area (Å²) in [7, 11) is 3.42. The average Bonchev–Trinajstić information content (AvgIpc) is 3.39. The van der Waals surface area contributed by atoms with Gasteiger partial charge in [0.2, 0.25) is 0 Å². The third kappa shape index (κ3) is 6.23. The number of nitrogens with zero attached hydrogens (tertiary/aromatic N) is 6. The van der Waals surface area contributed by atoms with Gasteiger partial charge in [-0.3, -0.25) is 14.4 Å². The molecule has 0 unspecified atom stereocenters. The Balaban J connectivity index is 1.42. The average molecular weight is 527 g/mol. The number of aromatic nitrogens is 5. The summed E-state index contributed by atoms with van der Waals surface area (Å²) < 4.78 is 7.40. The van der Waals surface area contributed by atoms with Crippen LogP contribution in [0.2, 0.25) is 0 Å². The number of benzene rings is 1. The number of methoxy groups -OCH3 is 1. The maximum absolute atomic E-state index is 12.8. The lowest BCUT2D eigenvalue weighted by molar-refractivity contribution is 0.0988. The molecule has 10 nitrogen and oxygen atoms in total. The quantitative estimate of drug-likeness (QED) is 0.264. The van der Waals surface area contributed by atoms with Gasteiger partial charge in [-0.05, 0) is 50.2 Å². The van der Waals surface area contributed by atoms with E-state index in [1.807, 2.05) is 50.4 Å². The lowest BCUT2D eigenvalue weighted by atomic mass is 10.1. The fourth-order valence-electron chi connectivity index (χ4n) is 4.79.